The van der Waals surface area contributed by atoms with Gasteiger partial charge in [0.05, 0.1) is 17.6 Å². The Morgan fingerprint density at radius 1 is 1.00 bits per heavy atom. The Labute approximate surface area is 183 Å². The molecule has 0 amide bonds. The van der Waals surface area contributed by atoms with E-state index in [9.17, 15) is 0 Å². The molecule has 1 aromatic heterocycles. The summed E-state index contributed by atoms with van der Waals surface area (Å²) < 4.78 is 12.8. The van der Waals surface area contributed by atoms with Gasteiger partial charge in [-0.3, -0.25) is 0 Å². The third-order valence-corrected chi connectivity index (χ3v) is 5.19. The maximum atomic E-state index is 6.17. The first-order valence-electron chi connectivity index (χ1n) is 9.33. The summed E-state index contributed by atoms with van der Waals surface area (Å²) in [5, 5.41) is 7.44. The van der Waals surface area contributed by atoms with Crippen LogP contribution in [0.3, 0.4) is 0 Å². The number of thiocarbonyl (C=S) groups is 1. The van der Waals surface area contributed by atoms with Crippen LogP contribution in [0.25, 0.3) is 11.0 Å². The van der Waals surface area contributed by atoms with Gasteiger partial charge in [-0.05, 0) is 48.1 Å². The van der Waals surface area contributed by atoms with E-state index in [1.165, 1.54) is 0 Å². The van der Waals surface area contributed by atoms with E-state index >= 15 is 0 Å². The van der Waals surface area contributed by atoms with E-state index in [-0.39, 0.29) is 6.79 Å². The summed E-state index contributed by atoms with van der Waals surface area (Å²) in [5.74, 6) is 2.05. The van der Waals surface area contributed by atoms with Crippen LogP contribution < -0.4 is 20.1 Å². The molecule has 0 radical (unpaired) electrons. The predicted octanol–water partition coefficient (Wildman–Crippen LogP) is 5.28. The van der Waals surface area contributed by atoms with Crippen LogP contribution in [0, 0.1) is 0 Å². The van der Waals surface area contributed by atoms with Crippen LogP contribution in [-0.2, 0) is 6.54 Å². The van der Waals surface area contributed by atoms with E-state index in [0.29, 0.717) is 28.4 Å². The molecule has 0 saturated heterocycles. The van der Waals surface area contributed by atoms with Crippen LogP contribution in [0.5, 0.6) is 11.5 Å². The highest BCUT2D eigenvalue weighted by Crippen LogP contribution is 2.34. The maximum Gasteiger partial charge on any atom is 0.231 e. The molecule has 1 aliphatic rings. The van der Waals surface area contributed by atoms with Crippen LogP contribution in [-0.4, -0.2) is 21.5 Å². The van der Waals surface area contributed by atoms with Crippen molar-refractivity contribution in [1.82, 2.24) is 9.55 Å². The highest BCUT2D eigenvalue weighted by Gasteiger charge is 2.15. The molecule has 3 aromatic carbocycles. The second kappa shape index (κ2) is 7.85. The summed E-state index contributed by atoms with van der Waals surface area (Å²) >= 11 is 11.7. The van der Waals surface area contributed by atoms with Gasteiger partial charge in [0, 0.05) is 16.8 Å². The van der Waals surface area contributed by atoms with Crippen molar-refractivity contribution in [2.24, 2.45) is 0 Å². The summed E-state index contributed by atoms with van der Waals surface area (Å²) in [6, 6.07) is 21.4. The van der Waals surface area contributed by atoms with Crippen molar-refractivity contribution in [3.8, 4) is 11.5 Å². The fourth-order valence-corrected chi connectivity index (χ4v) is 3.74. The first-order valence-corrected chi connectivity index (χ1v) is 10.1. The highest BCUT2D eigenvalue weighted by atomic mass is 35.5. The van der Waals surface area contributed by atoms with Crippen molar-refractivity contribution in [3.05, 3.63) is 77.3 Å². The Morgan fingerprint density at radius 3 is 2.70 bits per heavy atom. The summed E-state index contributed by atoms with van der Waals surface area (Å²) in [6.07, 6.45) is 0. The van der Waals surface area contributed by atoms with Gasteiger partial charge in [-0.25, -0.2) is 4.98 Å². The zero-order chi connectivity index (χ0) is 20.5. The number of nitrogens with one attached hydrogen (secondary N) is 2. The largest absolute Gasteiger partial charge is 0.454 e. The molecule has 2 N–H and O–H groups in total. The van der Waals surface area contributed by atoms with Gasteiger partial charge >= 0.3 is 0 Å². The lowest BCUT2D eigenvalue weighted by Crippen LogP contribution is -2.21. The van der Waals surface area contributed by atoms with Crippen molar-refractivity contribution < 1.29 is 9.47 Å². The van der Waals surface area contributed by atoms with Crippen LogP contribution in [0.15, 0.2) is 66.7 Å². The zero-order valence-corrected chi connectivity index (χ0v) is 17.3. The number of ether oxygens (including phenoxy) is 2. The van der Waals surface area contributed by atoms with Gasteiger partial charge in [-0.2, -0.15) is 0 Å². The van der Waals surface area contributed by atoms with Crippen LogP contribution in [0.4, 0.5) is 11.6 Å². The normalized spacial score (nSPS) is 12.2. The van der Waals surface area contributed by atoms with E-state index in [4.69, 9.17) is 38.3 Å². The Morgan fingerprint density at radius 2 is 1.83 bits per heavy atom. The molecule has 0 spiro atoms. The first kappa shape index (κ1) is 18.7. The molecule has 8 heteroatoms. The second-order valence-corrected chi connectivity index (χ2v) is 7.63. The van der Waals surface area contributed by atoms with Crippen molar-refractivity contribution >= 4 is 51.6 Å². The quantitative estimate of drug-likeness (QED) is 0.425. The molecule has 30 heavy (non-hydrogen) atoms. The molecule has 150 valence electrons. The van der Waals surface area contributed by atoms with Gasteiger partial charge in [0.15, 0.2) is 16.6 Å². The number of nitrogens with zero attached hydrogens (tertiary/aromatic N) is 2. The highest BCUT2D eigenvalue weighted by molar-refractivity contribution is 7.80. The monoisotopic (exact) mass is 436 g/mol. The number of halogens is 1. The summed E-state index contributed by atoms with van der Waals surface area (Å²) in [5.41, 5.74) is 3.72. The Bertz CT molecular complexity index is 1240. The van der Waals surface area contributed by atoms with E-state index in [1.807, 2.05) is 54.6 Å². The third kappa shape index (κ3) is 3.77. The minimum atomic E-state index is 0.230. The SMILES string of the molecule is S=C(Nc1ccc2c(c1)OCO2)Nc1nc2cc(Cl)ccc2n1Cc1ccccc1. The molecule has 0 unspecified atom stereocenters. The van der Waals surface area contributed by atoms with Gasteiger partial charge in [-0.15, -0.1) is 0 Å². The molecule has 1 aliphatic heterocycles. The molecule has 0 saturated carbocycles. The summed E-state index contributed by atoms with van der Waals surface area (Å²) in [4.78, 5) is 4.70. The molecule has 6 nitrogen and oxygen atoms in total. The van der Waals surface area contributed by atoms with E-state index in [1.54, 1.807) is 0 Å². The molecule has 0 atom stereocenters. The Balaban J connectivity index is 1.42. The lowest BCUT2D eigenvalue weighted by Gasteiger charge is -2.13. The molecule has 0 bridgehead atoms. The number of imidazole rings is 1. The number of anilines is 2. The minimum absolute atomic E-state index is 0.230. The molecule has 0 aliphatic carbocycles. The van der Waals surface area contributed by atoms with Crippen molar-refractivity contribution in [1.29, 1.82) is 0 Å². The molecular formula is C22H17ClN4O2S. The van der Waals surface area contributed by atoms with Crippen molar-refractivity contribution in [2.45, 2.75) is 6.54 Å². The zero-order valence-electron chi connectivity index (χ0n) is 15.8. The van der Waals surface area contributed by atoms with Crippen LogP contribution in [0.2, 0.25) is 5.02 Å². The number of rotatable bonds is 4. The molecular weight excluding hydrogens is 420 g/mol. The fourth-order valence-electron chi connectivity index (χ4n) is 3.36. The van der Waals surface area contributed by atoms with E-state index in [0.717, 1.165) is 28.0 Å². The fraction of sp³-hybridized carbons (Fsp3) is 0.0909. The summed E-state index contributed by atoms with van der Waals surface area (Å²) in [7, 11) is 0. The van der Waals surface area contributed by atoms with Crippen molar-refractivity contribution in [3.63, 3.8) is 0 Å². The van der Waals surface area contributed by atoms with Crippen LogP contribution in [0.1, 0.15) is 5.56 Å². The van der Waals surface area contributed by atoms with Gasteiger partial charge in [-0.1, -0.05) is 41.9 Å². The second-order valence-electron chi connectivity index (χ2n) is 6.79. The number of fused-ring (bicyclic) bond motifs is 2. The number of hydrogen-bond donors (Lipinski definition) is 2. The number of benzene rings is 3. The summed E-state index contributed by atoms with van der Waals surface area (Å²) in [6.45, 7) is 0.876. The van der Waals surface area contributed by atoms with E-state index < -0.39 is 0 Å². The lowest BCUT2D eigenvalue weighted by atomic mass is 10.2. The Hall–Kier alpha value is -3.29. The van der Waals surface area contributed by atoms with Gasteiger partial charge < -0.3 is 24.7 Å². The molecule has 0 fully saturated rings. The molecule has 4 aromatic rings. The van der Waals surface area contributed by atoms with Crippen molar-refractivity contribution in [2.75, 3.05) is 17.4 Å². The smallest absolute Gasteiger partial charge is 0.231 e. The maximum absolute atomic E-state index is 6.17. The first-order chi connectivity index (χ1) is 14.7. The minimum Gasteiger partial charge on any atom is -0.454 e. The van der Waals surface area contributed by atoms with Gasteiger partial charge in [0.25, 0.3) is 0 Å². The van der Waals surface area contributed by atoms with Gasteiger partial charge in [0.2, 0.25) is 12.7 Å². The standard InChI is InChI=1S/C22H17ClN4O2S/c23-15-6-8-18-17(10-15)25-21(27(18)12-14-4-2-1-3-5-14)26-22(30)24-16-7-9-19-20(11-16)29-13-28-19/h1-11H,12-13H2,(H2,24,25,26,30). The predicted molar refractivity (Wildman–Crippen MR) is 123 cm³/mol. The number of aromatic nitrogens is 2. The average Bonchev–Trinajstić information content (AvgIpc) is 3.33. The molecule has 2 heterocycles. The van der Waals surface area contributed by atoms with Gasteiger partial charge in [0.1, 0.15) is 0 Å². The Kier molecular flexibility index (Phi) is 4.90. The number of hydrogen-bond acceptors (Lipinski definition) is 4. The average molecular weight is 437 g/mol. The third-order valence-electron chi connectivity index (χ3n) is 4.75. The molecule has 5 rings (SSSR count). The lowest BCUT2D eigenvalue weighted by molar-refractivity contribution is 0.174. The topological polar surface area (TPSA) is 60.3 Å². The van der Waals surface area contributed by atoms with Crippen LogP contribution >= 0.6 is 23.8 Å². The van der Waals surface area contributed by atoms with E-state index in [2.05, 4.69) is 27.3 Å².